The molecular formula is C22H24F3N3. The molecule has 0 saturated carbocycles. The minimum absolute atomic E-state index is 0.263. The van der Waals surface area contributed by atoms with E-state index in [1.807, 2.05) is 18.2 Å². The molecule has 0 atom stereocenters. The Bertz CT molecular complexity index is 862. The predicted molar refractivity (Wildman–Crippen MR) is 107 cm³/mol. The fourth-order valence-corrected chi connectivity index (χ4v) is 3.51. The monoisotopic (exact) mass is 387 g/mol. The smallest absolute Gasteiger partial charge is 0.367 e. The van der Waals surface area contributed by atoms with Crippen LogP contribution in [-0.2, 0) is 18.4 Å². The maximum Gasteiger partial charge on any atom is 0.397 e. The van der Waals surface area contributed by atoms with Crippen molar-refractivity contribution < 1.29 is 13.2 Å². The first-order valence-electron chi connectivity index (χ1n) is 9.22. The van der Waals surface area contributed by atoms with E-state index in [2.05, 4.69) is 4.90 Å². The summed E-state index contributed by atoms with van der Waals surface area (Å²) < 4.78 is 39.7. The second-order valence-corrected chi connectivity index (χ2v) is 7.74. The Hall–Kier alpha value is -2.63. The molecule has 0 bridgehead atoms. The van der Waals surface area contributed by atoms with E-state index in [1.165, 1.54) is 31.8 Å². The zero-order chi connectivity index (χ0) is 20.5. The molecule has 1 aliphatic rings. The number of alkyl halides is 3. The van der Waals surface area contributed by atoms with Crippen LogP contribution in [0.1, 0.15) is 42.0 Å². The number of hydrogen-bond acceptors (Lipinski definition) is 3. The third kappa shape index (κ3) is 3.68. The van der Waals surface area contributed by atoms with Crippen LogP contribution in [0, 0.1) is 10.8 Å². The van der Waals surface area contributed by atoms with Gasteiger partial charge in [0.1, 0.15) is 0 Å². The second-order valence-electron chi connectivity index (χ2n) is 7.74. The number of benzene rings is 2. The molecule has 0 unspecified atom stereocenters. The van der Waals surface area contributed by atoms with Crippen LogP contribution < -0.4 is 4.90 Å². The normalized spacial score (nSPS) is 15.2. The quantitative estimate of drug-likeness (QED) is 0.634. The number of nitrogens with zero attached hydrogens (tertiary/aromatic N) is 1. The minimum Gasteiger partial charge on any atom is -0.367 e. The van der Waals surface area contributed by atoms with Crippen LogP contribution in [0.15, 0.2) is 42.5 Å². The average molecular weight is 387 g/mol. The van der Waals surface area contributed by atoms with Crippen molar-refractivity contribution in [3.63, 3.8) is 0 Å². The van der Waals surface area contributed by atoms with Gasteiger partial charge in [-0.3, -0.25) is 0 Å². The zero-order valence-corrected chi connectivity index (χ0v) is 16.0. The van der Waals surface area contributed by atoms with Gasteiger partial charge in [0.05, 0.1) is 11.3 Å². The van der Waals surface area contributed by atoms with Crippen molar-refractivity contribution in [2.24, 2.45) is 0 Å². The number of anilines is 1. The summed E-state index contributed by atoms with van der Waals surface area (Å²) >= 11 is 0. The summed E-state index contributed by atoms with van der Waals surface area (Å²) in [6.45, 7) is 3.88. The summed E-state index contributed by atoms with van der Waals surface area (Å²) in [5.41, 5.74) is 2.58. The molecule has 3 nitrogen and oxygen atoms in total. The van der Waals surface area contributed by atoms with Crippen LogP contribution in [0.3, 0.4) is 0 Å². The van der Waals surface area contributed by atoms with Crippen molar-refractivity contribution in [1.29, 1.82) is 10.8 Å². The summed E-state index contributed by atoms with van der Waals surface area (Å²) in [5.74, 6) is -0.302. The topological polar surface area (TPSA) is 50.9 Å². The van der Waals surface area contributed by atoms with Crippen molar-refractivity contribution in [3.05, 3.63) is 64.7 Å². The molecule has 0 saturated heterocycles. The summed E-state index contributed by atoms with van der Waals surface area (Å²) in [7, 11) is 0. The molecule has 1 aliphatic heterocycles. The molecule has 148 valence electrons. The summed E-state index contributed by atoms with van der Waals surface area (Å²) in [4.78, 5) is 2.22. The largest absolute Gasteiger partial charge is 0.397 e. The fourth-order valence-electron chi connectivity index (χ4n) is 3.51. The van der Waals surface area contributed by atoms with E-state index in [0.717, 1.165) is 29.8 Å². The Kier molecular flexibility index (Phi) is 5.33. The van der Waals surface area contributed by atoms with Gasteiger partial charge < -0.3 is 15.7 Å². The lowest BCUT2D eigenvalue weighted by Gasteiger charge is -2.28. The van der Waals surface area contributed by atoms with E-state index in [-0.39, 0.29) is 11.5 Å². The minimum atomic E-state index is -4.29. The van der Waals surface area contributed by atoms with Crippen LogP contribution in [-0.4, -0.2) is 25.2 Å². The lowest BCUT2D eigenvalue weighted by Crippen LogP contribution is -2.36. The third-order valence-electron chi connectivity index (χ3n) is 5.60. The average Bonchev–Trinajstić information content (AvgIpc) is 3.04. The molecule has 3 rings (SSSR count). The molecule has 0 aromatic heterocycles. The Balaban J connectivity index is 1.76. The molecule has 0 spiro atoms. The number of fused-ring (bicyclic) bond motifs is 1. The van der Waals surface area contributed by atoms with E-state index in [1.54, 1.807) is 24.3 Å². The van der Waals surface area contributed by atoms with Gasteiger partial charge in [-0.05, 0) is 48.6 Å². The van der Waals surface area contributed by atoms with Gasteiger partial charge in [0.15, 0.2) is 0 Å². The highest BCUT2D eigenvalue weighted by Gasteiger charge is 2.48. The van der Waals surface area contributed by atoms with Gasteiger partial charge in [-0.1, -0.05) is 36.4 Å². The van der Waals surface area contributed by atoms with E-state index in [0.29, 0.717) is 6.54 Å². The first-order chi connectivity index (χ1) is 13.2. The molecule has 0 aliphatic carbocycles. The molecule has 2 aromatic rings. The highest BCUT2D eigenvalue weighted by molar-refractivity contribution is 5.88. The first kappa shape index (κ1) is 20.1. The summed E-state index contributed by atoms with van der Waals surface area (Å²) in [6, 6.07) is 12.7. The SMILES string of the molecule is CC(C)(c1ccc(CN2CCc3cc(C(C=N)C=N)ccc32)cc1)C(F)(F)F. The van der Waals surface area contributed by atoms with Gasteiger partial charge in [0.25, 0.3) is 0 Å². The predicted octanol–water partition coefficient (Wildman–Crippen LogP) is 5.47. The number of halogens is 3. The molecule has 2 aromatic carbocycles. The number of rotatable bonds is 6. The first-order valence-corrected chi connectivity index (χ1v) is 9.22. The molecule has 0 radical (unpaired) electrons. The maximum atomic E-state index is 13.2. The van der Waals surface area contributed by atoms with Gasteiger partial charge in [-0.2, -0.15) is 13.2 Å². The van der Waals surface area contributed by atoms with Crippen molar-refractivity contribution in [1.82, 2.24) is 0 Å². The van der Waals surface area contributed by atoms with Gasteiger partial charge in [0, 0.05) is 31.2 Å². The van der Waals surface area contributed by atoms with Gasteiger partial charge >= 0.3 is 6.18 Å². The molecule has 0 fully saturated rings. The highest BCUT2D eigenvalue weighted by Crippen LogP contribution is 2.40. The van der Waals surface area contributed by atoms with Crippen LogP contribution >= 0.6 is 0 Å². The highest BCUT2D eigenvalue weighted by atomic mass is 19.4. The summed E-state index contributed by atoms with van der Waals surface area (Å²) in [6.07, 6.45) is -0.896. The number of nitrogens with one attached hydrogen (secondary N) is 2. The molecule has 2 N–H and O–H groups in total. The van der Waals surface area contributed by atoms with Crippen molar-refractivity contribution in [2.75, 3.05) is 11.4 Å². The van der Waals surface area contributed by atoms with Crippen LogP contribution in [0.5, 0.6) is 0 Å². The van der Waals surface area contributed by atoms with Gasteiger partial charge in [-0.25, -0.2) is 0 Å². The number of hydrogen-bond donors (Lipinski definition) is 2. The standard InChI is InChI=1S/C22H24F3N3/c1-21(2,22(23,24)25)19-6-3-15(4-7-19)14-28-10-9-17-11-16(5-8-20(17)28)18(12-26)13-27/h3-8,11-13,18,26-27H,9-10,14H2,1-2H3. The lowest BCUT2D eigenvalue weighted by molar-refractivity contribution is -0.180. The van der Waals surface area contributed by atoms with Crippen LogP contribution in [0.25, 0.3) is 0 Å². The fraction of sp³-hybridized carbons (Fsp3) is 0.364. The molecule has 0 amide bonds. The van der Waals surface area contributed by atoms with E-state index >= 15 is 0 Å². The van der Waals surface area contributed by atoms with E-state index in [4.69, 9.17) is 10.8 Å². The zero-order valence-electron chi connectivity index (χ0n) is 16.0. The summed E-state index contributed by atoms with van der Waals surface area (Å²) in [5, 5.41) is 14.9. The lowest BCUT2D eigenvalue weighted by atomic mass is 9.83. The maximum absolute atomic E-state index is 13.2. The van der Waals surface area contributed by atoms with Crippen molar-refractivity contribution in [3.8, 4) is 0 Å². The molecule has 28 heavy (non-hydrogen) atoms. The van der Waals surface area contributed by atoms with Crippen LogP contribution in [0.2, 0.25) is 0 Å². The van der Waals surface area contributed by atoms with Crippen LogP contribution in [0.4, 0.5) is 18.9 Å². The van der Waals surface area contributed by atoms with E-state index < -0.39 is 11.6 Å². The molecular weight excluding hydrogens is 363 g/mol. The van der Waals surface area contributed by atoms with Gasteiger partial charge in [0.2, 0.25) is 0 Å². The van der Waals surface area contributed by atoms with E-state index in [9.17, 15) is 13.2 Å². The Morgan fingerprint density at radius 1 is 1.04 bits per heavy atom. The van der Waals surface area contributed by atoms with Crippen molar-refractivity contribution in [2.45, 2.75) is 44.3 Å². The molecule has 6 heteroatoms. The Morgan fingerprint density at radius 3 is 2.25 bits per heavy atom. The van der Waals surface area contributed by atoms with Crippen molar-refractivity contribution >= 4 is 18.1 Å². The van der Waals surface area contributed by atoms with Gasteiger partial charge in [-0.15, -0.1) is 0 Å². The Labute approximate surface area is 163 Å². The third-order valence-corrected chi connectivity index (χ3v) is 5.60. The molecule has 1 heterocycles. The second kappa shape index (κ2) is 7.41. The Morgan fingerprint density at radius 2 is 1.68 bits per heavy atom.